The summed E-state index contributed by atoms with van der Waals surface area (Å²) in [5.74, 6) is -4.66. The van der Waals surface area contributed by atoms with Crippen molar-refractivity contribution in [2.75, 3.05) is 13.1 Å². The van der Waals surface area contributed by atoms with Gasteiger partial charge in [-0.25, -0.2) is 19.9 Å². The molecular weight excluding hydrogens is 664 g/mol. The van der Waals surface area contributed by atoms with Crippen LogP contribution in [0.4, 0.5) is 0 Å². The summed E-state index contributed by atoms with van der Waals surface area (Å²) in [5.41, 5.74) is 14.3. The van der Waals surface area contributed by atoms with Crippen molar-refractivity contribution in [1.29, 1.82) is 0 Å². The maximum Gasteiger partial charge on any atom is 0.329 e. The Bertz CT molecular complexity index is 1410. The van der Waals surface area contributed by atoms with Gasteiger partial charge >= 0.3 is 11.9 Å². The van der Waals surface area contributed by atoms with E-state index >= 15 is 0 Å². The van der Waals surface area contributed by atoms with E-state index in [4.69, 9.17) is 20.9 Å². The Labute approximate surface area is 289 Å². The molecule has 0 saturated heterocycles. The molecule has 3 amide bonds. The number of guanidine groups is 1. The number of rotatable bonds is 19. The molecule has 18 heteroatoms. The maximum atomic E-state index is 13.4. The van der Waals surface area contributed by atoms with E-state index in [-0.39, 0.29) is 45.0 Å². The molecule has 0 bridgehead atoms. The number of ether oxygens (including phenoxy) is 2. The van der Waals surface area contributed by atoms with Crippen molar-refractivity contribution >= 4 is 48.0 Å². The average Bonchev–Trinajstić information content (AvgIpc) is 3.05. The summed E-state index contributed by atoms with van der Waals surface area (Å²) in [7, 11) is 0. The fourth-order valence-electron chi connectivity index (χ4n) is 4.06. The van der Waals surface area contributed by atoms with Crippen molar-refractivity contribution in [3.63, 3.8) is 0 Å². The second kappa shape index (κ2) is 22.3. The first-order valence-corrected chi connectivity index (χ1v) is 15.1. The van der Waals surface area contributed by atoms with Crippen molar-refractivity contribution in [3.8, 4) is 0 Å². The van der Waals surface area contributed by atoms with E-state index in [1.54, 1.807) is 73.9 Å². The van der Waals surface area contributed by atoms with E-state index in [1.165, 1.54) is 0 Å². The quantitative estimate of drug-likeness (QED) is 0.0287. The molecule has 2 aromatic carbocycles. The molecule has 0 fully saturated rings. The standard InChI is InChI=1S/C31H42N8O9.ClH/c1-20(2)27(30(44)48-19-22-12-7-4-8-13-22)37-29(43)24(16-26(41)47-18-21-10-5-3-6-11-21)36-25(40)17-35-28(42)23(32)14-9-15-34-31(33)38-39(45)46;/h3-8,10-13,20,23-24,27H,9,14-19,32H2,1-2H3,(H,35,42)(H,36,40)(H,37,43)(H3,33,34,38);1H/t23-,24-,27-;/m0./s1. The molecular formula is C31H43ClN8O9. The van der Waals surface area contributed by atoms with Crippen LogP contribution in [0.2, 0.25) is 0 Å². The normalized spacial score (nSPS) is 12.7. The molecule has 8 N–H and O–H groups in total. The highest BCUT2D eigenvalue weighted by atomic mass is 35.5. The first-order chi connectivity index (χ1) is 22.8. The van der Waals surface area contributed by atoms with Gasteiger partial charge in [-0.2, -0.15) is 0 Å². The Hall–Kier alpha value is -5.29. The van der Waals surface area contributed by atoms with Gasteiger partial charge in [-0.15, -0.1) is 12.4 Å². The Morgan fingerprint density at radius 2 is 1.47 bits per heavy atom. The van der Waals surface area contributed by atoms with Crippen LogP contribution in [0.25, 0.3) is 0 Å². The summed E-state index contributed by atoms with van der Waals surface area (Å²) in [6.45, 7) is 2.77. The second-order valence-corrected chi connectivity index (χ2v) is 10.9. The number of benzene rings is 2. The lowest BCUT2D eigenvalue weighted by Crippen LogP contribution is -2.55. The maximum absolute atomic E-state index is 13.4. The number of nitrogens with zero attached hydrogens (tertiary/aromatic N) is 2. The number of hydrogen-bond acceptors (Lipinski definition) is 11. The van der Waals surface area contributed by atoms with Crippen LogP contribution >= 0.6 is 12.4 Å². The van der Waals surface area contributed by atoms with Crippen LogP contribution in [-0.2, 0) is 46.7 Å². The zero-order chi connectivity index (χ0) is 35.5. The van der Waals surface area contributed by atoms with Gasteiger partial charge in [-0.05, 0) is 29.9 Å². The van der Waals surface area contributed by atoms with Crippen LogP contribution in [0.3, 0.4) is 0 Å². The molecule has 2 aromatic rings. The minimum absolute atomic E-state index is 0. The van der Waals surface area contributed by atoms with Gasteiger partial charge in [0, 0.05) is 6.54 Å². The van der Waals surface area contributed by atoms with E-state index in [1.807, 2.05) is 6.07 Å². The molecule has 0 heterocycles. The highest BCUT2D eigenvalue weighted by Crippen LogP contribution is 2.10. The van der Waals surface area contributed by atoms with Crippen molar-refractivity contribution in [3.05, 3.63) is 81.9 Å². The fourth-order valence-corrected chi connectivity index (χ4v) is 4.06. The van der Waals surface area contributed by atoms with Gasteiger partial charge in [0.25, 0.3) is 5.96 Å². The lowest BCUT2D eigenvalue weighted by Gasteiger charge is -2.24. The average molecular weight is 707 g/mol. The number of carbonyl (C=O) groups excluding carboxylic acids is 5. The summed E-state index contributed by atoms with van der Waals surface area (Å²) in [4.78, 5) is 78.3. The van der Waals surface area contributed by atoms with Crippen LogP contribution in [-0.4, -0.2) is 71.9 Å². The Morgan fingerprint density at radius 1 is 0.898 bits per heavy atom. The lowest BCUT2D eigenvalue weighted by molar-refractivity contribution is -0.525. The predicted molar refractivity (Wildman–Crippen MR) is 180 cm³/mol. The minimum Gasteiger partial charge on any atom is -0.461 e. The van der Waals surface area contributed by atoms with E-state index in [2.05, 4.69) is 20.9 Å². The Kier molecular flexibility index (Phi) is 19.0. The molecule has 3 atom stereocenters. The molecule has 268 valence electrons. The summed E-state index contributed by atoms with van der Waals surface area (Å²) in [6.07, 6.45) is -0.187. The zero-order valence-electron chi connectivity index (χ0n) is 27.2. The SMILES string of the molecule is CC(C)[C@H](NC(=O)[C@H](CC(=O)OCc1ccccc1)NC(=O)CNC(=O)[C@@H](N)CCCN=C(N)N[N+](=O)[O-])C(=O)OCc1ccccc1.Cl. The first kappa shape index (κ1) is 41.7. The molecule has 2 rings (SSSR count). The molecule has 0 radical (unpaired) electrons. The topological polar surface area (TPSA) is 259 Å². The van der Waals surface area contributed by atoms with Gasteiger partial charge in [0.15, 0.2) is 5.03 Å². The number of hydrazine groups is 1. The summed E-state index contributed by atoms with van der Waals surface area (Å²) >= 11 is 0. The molecule has 0 aliphatic rings. The van der Waals surface area contributed by atoms with Crippen LogP contribution in [0.1, 0.15) is 44.2 Å². The number of esters is 2. The van der Waals surface area contributed by atoms with E-state index in [9.17, 15) is 34.1 Å². The number of nitro groups is 1. The zero-order valence-corrected chi connectivity index (χ0v) is 28.0. The molecule has 17 nitrogen and oxygen atoms in total. The number of aliphatic imine (C=N–C) groups is 1. The Morgan fingerprint density at radius 3 is 2.02 bits per heavy atom. The summed E-state index contributed by atoms with van der Waals surface area (Å²) in [5, 5.41) is 16.8. The molecule has 0 aromatic heterocycles. The van der Waals surface area contributed by atoms with Gasteiger partial charge in [0.1, 0.15) is 25.3 Å². The number of hydrogen-bond donors (Lipinski definition) is 6. The highest BCUT2D eigenvalue weighted by molar-refractivity contribution is 5.94. The third kappa shape index (κ3) is 16.9. The fraction of sp³-hybridized carbons (Fsp3) is 0.419. The molecule has 49 heavy (non-hydrogen) atoms. The van der Waals surface area contributed by atoms with Crippen LogP contribution in [0.15, 0.2) is 65.7 Å². The third-order valence-electron chi connectivity index (χ3n) is 6.63. The molecule has 0 spiro atoms. The summed E-state index contributed by atoms with van der Waals surface area (Å²) < 4.78 is 10.7. The van der Waals surface area contributed by atoms with E-state index < -0.39 is 77.7 Å². The van der Waals surface area contributed by atoms with Gasteiger partial charge in [-0.1, -0.05) is 79.9 Å². The van der Waals surface area contributed by atoms with Crippen molar-refractivity contribution in [2.24, 2.45) is 22.4 Å². The van der Waals surface area contributed by atoms with Gasteiger partial charge in [0.2, 0.25) is 17.7 Å². The van der Waals surface area contributed by atoms with Gasteiger partial charge in [0.05, 0.1) is 19.0 Å². The van der Waals surface area contributed by atoms with Gasteiger partial charge < -0.3 is 36.9 Å². The number of carbonyl (C=O) groups is 5. The van der Waals surface area contributed by atoms with Crippen molar-refractivity contribution < 1.29 is 38.5 Å². The number of nitrogens with one attached hydrogen (secondary N) is 4. The van der Waals surface area contributed by atoms with Crippen LogP contribution in [0.5, 0.6) is 0 Å². The molecule has 0 aliphatic heterocycles. The van der Waals surface area contributed by atoms with Crippen molar-refractivity contribution in [1.82, 2.24) is 21.4 Å². The van der Waals surface area contributed by atoms with Crippen molar-refractivity contribution in [2.45, 2.75) is 64.4 Å². The first-order valence-electron chi connectivity index (χ1n) is 15.1. The van der Waals surface area contributed by atoms with Gasteiger partial charge in [-0.3, -0.25) is 19.2 Å². The predicted octanol–water partition coefficient (Wildman–Crippen LogP) is 0.230. The monoisotopic (exact) mass is 706 g/mol. The van der Waals surface area contributed by atoms with Crippen LogP contribution < -0.4 is 32.8 Å². The minimum atomic E-state index is -1.47. The Balaban J connectivity index is 0.0000120. The second-order valence-electron chi connectivity index (χ2n) is 10.9. The number of nitrogens with two attached hydrogens (primary N) is 2. The third-order valence-corrected chi connectivity index (χ3v) is 6.63. The van der Waals surface area contributed by atoms with Crippen LogP contribution in [0, 0.1) is 16.0 Å². The largest absolute Gasteiger partial charge is 0.461 e. The molecule has 0 unspecified atom stereocenters. The summed E-state index contributed by atoms with van der Waals surface area (Å²) in [6, 6.07) is 14.2. The molecule has 0 saturated carbocycles. The number of amides is 3. The highest BCUT2D eigenvalue weighted by Gasteiger charge is 2.31. The van der Waals surface area contributed by atoms with E-state index in [0.717, 1.165) is 5.56 Å². The van der Waals surface area contributed by atoms with E-state index in [0.29, 0.717) is 5.56 Å². The lowest BCUT2D eigenvalue weighted by atomic mass is 10.0. The molecule has 0 aliphatic carbocycles. The number of halogens is 1. The smallest absolute Gasteiger partial charge is 0.329 e.